The molecule has 1 N–H and O–H groups in total. The van der Waals surface area contributed by atoms with Gasteiger partial charge >= 0.3 is 0 Å². The van der Waals surface area contributed by atoms with Crippen LogP contribution in [-0.4, -0.2) is 26.4 Å². The number of nitrogens with one attached hydrogen (secondary N) is 1. The Labute approximate surface area is 165 Å². The summed E-state index contributed by atoms with van der Waals surface area (Å²) in [5, 5.41) is 8.48. The molecule has 0 aliphatic heterocycles. The van der Waals surface area contributed by atoms with Crippen molar-refractivity contribution in [2.45, 2.75) is 62.4 Å². The highest BCUT2D eigenvalue weighted by Crippen LogP contribution is 2.32. The maximum atomic E-state index is 13.0. The smallest absolute Gasteiger partial charge is 0.254 e. The molecule has 0 radical (unpaired) electrons. The third kappa shape index (κ3) is 4.21. The molecule has 0 saturated heterocycles. The molecule has 2 aromatic rings. The second kappa shape index (κ2) is 8.46. The second-order valence-corrected chi connectivity index (χ2v) is 8.77. The van der Waals surface area contributed by atoms with E-state index in [2.05, 4.69) is 15.4 Å². The van der Waals surface area contributed by atoms with E-state index in [4.69, 9.17) is 0 Å². The highest BCUT2D eigenvalue weighted by molar-refractivity contribution is 7.99. The number of hydrogen-bond donors (Lipinski definition) is 1. The summed E-state index contributed by atoms with van der Waals surface area (Å²) in [6, 6.07) is 3.81. The first-order chi connectivity index (χ1) is 13.2. The maximum absolute atomic E-state index is 13.0. The minimum atomic E-state index is -0.0176. The van der Waals surface area contributed by atoms with Gasteiger partial charge in [-0.2, -0.15) is 5.10 Å². The minimum Gasteiger partial charge on any atom is -0.345 e. The number of nitrogens with zero attached hydrogens (tertiary/aromatic N) is 3. The van der Waals surface area contributed by atoms with Crippen LogP contribution in [0, 0.1) is 5.92 Å². The van der Waals surface area contributed by atoms with Gasteiger partial charge in [0.05, 0.1) is 17.8 Å². The van der Waals surface area contributed by atoms with Gasteiger partial charge in [0, 0.05) is 30.3 Å². The molecule has 5 nitrogen and oxygen atoms in total. The monoisotopic (exact) mass is 384 g/mol. The number of pyridine rings is 1. The van der Waals surface area contributed by atoms with E-state index in [1.165, 1.54) is 37.8 Å². The van der Waals surface area contributed by atoms with Gasteiger partial charge in [0.15, 0.2) is 0 Å². The number of fused-ring (bicyclic) bond motifs is 1. The Morgan fingerprint density at radius 3 is 2.96 bits per heavy atom. The Bertz CT molecular complexity index is 797. The number of aryl methyl sites for hydroxylation is 1. The van der Waals surface area contributed by atoms with Gasteiger partial charge in [-0.05, 0) is 50.2 Å². The predicted octanol–water partition coefficient (Wildman–Crippen LogP) is 4.29. The Morgan fingerprint density at radius 1 is 1.26 bits per heavy atom. The number of amides is 1. The summed E-state index contributed by atoms with van der Waals surface area (Å²) in [6.45, 7) is 0. The fourth-order valence-electron chi connectivity index (χ4n) is 4.32. The van der Waals surface area contributed by atoms with Gasteiger partial charge < -0.3 is 5.32 Å². The third-order valence-corrected chi connectivity index (χ3v) is 7.11. The Balaban J connectivity index is 1.44. The molecular weight excluding hydrogens is 356 g/mol. The summed E-state index contributed by atoms with van der Waals surface area (Å²) in [5.74, 6) is 1.81. The van der Waals surface area contributed by atoms with Crippen LogP contribution < -0.4 is 5.32 Å². The van der Waals surface area contributed by atoms with Gasteiger partial charge in [-0.3, -0.25) is 9.48 Å². The summed E-state index contributed by atoms with van der Waals surface area (Å²) < 4.78 is 1.93. The number of rotatable bonds is 5. The van der Waals surface area contributed by atoms with E-state index in [1.807, 2.05) is 30.1 Å². The van der Waals surface area contributed by atoms with E-state index in [-0.39, 0.29) is 11.9 Å². The normalized spacial score (nSPS) is 20.3. The van der Waals surface area contributed by atoms with Crippen LogP contribution in [0.1, 0.15) is 72.6 Å². The summed E-state index contributed by atoms with van der Waals surface area (Å²) in [4.78, 5) is 17.5. The summed E-state index contributed by atoms with van der Waals surface area (Å²) in [7, 11) is 1.98. The summed E-state index contributed by atoms with van der Waals surface area (Å²) in [6.07, 6.45) is 13.5. The summed E-state index contributed by atoms with van der Waals surface area (Å²) in [5.41, 5.74) is 3.11. The van der Waals surface area contributed by atoms with Crippen molar-refractivity contribution >= 4 is 17.7 Å². The quantitative estimate of drug-likeness (QED) is 0.781. The molecule has 2 aliphatic carbocycles. The molecule has 0 bridgehead atoms. The zero-order valence-electron chi connectivity index (χ0n) is 16.0. The lowest BCUT2D eigenvalue weighted by Gasteiger charge is -2.24. The fourth-order valence-corrected chi connectivity index (χ4v) is 5.50. The van der Waals surface area contributed by atoms with Crippen molar-refractivity contribution in [2.75, 3.05) is 5.75 Å². The number of carbonyl (C=O) groups is 1. The molecule has 1 atom stereocenters. The number of carbonyl (C=O) groups excluding carboxylic acids is 1. The molecule has 1 amide bonds. The van der Waals surface area contributed by atoms with Crippen LogP contribution in [0.3, 0.4) is 0 Å². The van der Waals surface area contributed by atoms with Crippen molar-refractivity contribution in [3.8, 4) is 0 Å². The fraction of sp³-hybridized carbons (Fsp3) is 0.571. The highest BCUT2D eigenvalue weighted by atomic mass is 32.2. The van der Waals surface area contributed by atoms with Gasteiger partial charge in [-0.1, -0.05) is 19.3 Å². The second-order valence-electron chi connectivity index (χ2n) is 7.76. The largest absolute Gasteiger partial charge is 0.345 e. The highest BCUT2D eigenvalue weighted by Gasteiger charge is 2.26. The lowest BCUT2D eigenvalue weighted by molar-refractivity contribution is 0.0929. The van der Waals surface area contributed by atoms with Crippen LogP contribution in [0.25, 0.3) is 0 Å². The molecule has 2 heterocycles. The first-order valence-corrected chi connectivity index (χ1v) is 11.1. The molecule has 1 unspecified atom stereocenters. The zero-order chi connectivity index (χ0) is 18.6. The van der Waals surface area contributed by atoms with Crippen LogP contribution in [0.2, 0.25) is 0 Å². The molecule has 144 valence electrons. The molecule has 1 saturated carbocycles. The van der Waals surface area contributed by atoms with Crippen LogP contribution in [0.5, 0.6) is 0 Å². The first-order valence-electron chi connectivity index (χ1n) is 10.1. The molecule has 6 heteroatoms. The van der Waals surface area contributed by atoms with E-state index in [9.17, 15) is 4.79 Å². The molecule has 1 fully saturated rings. The average Bonchev–Trinajstić information content (AvgIpc) is 3.09. The van der Waals surface area contributed by atoms with E-state index in [0.717, 1.165) is 41.5 Å². The van der Waals surface area contributed by atoms with Crippen molar-refractivity contribution in [1.29, 1.82) is 0 Å². The Kier molecular flexibility index (Phi) is 5.81. The van der Waals surface area contributed by atoms with Gasteiger partial charge in [-0.15, -0.1) is 11.8 Å². The molecular formula is C21H28N4OS. The van der Waals surface area contributed by atoms with Gasteiger partial charge in [0.2, 0.25) is 0 Å². The number of thioether (sulfide) groups is 1. The molecule has 27 heavy (non-hydrogen) atoms. The Hall–Kier alpha value is -1.82. The number of aromatic nitrogens is 3. The van der Waals surface area contributed by atoms with Gasteiger partial charge in [-0.25, -0.2) is 4.98 Å². The van der Waals surface area contributed by atoms with E-state index >= 15 is 0 Å². The van der Waals surface area contributed by atoms with Crippen molar-refractivity contribution in [3.63, 3.8) is 0 Å². The van der Waals surface area contributed by atoms with Crippen molar-refractivity contribution < 1.29 is 4.79 Å². The standard InChI is InChI=1S/C21H28N4OS/c1-25-19-11-5-10-18(17(19)13-23-25)24-20(26)16-9-6-12-22-21(16)27-14-15-7-3-2-4-8-15/h6,9,12-13,15,18H,2-5,7-8,10-11,14H2,1H3,(H,24,26). The van der Waals surface area contributed by atoms with E-state index < -0.39 is 0 Å². The van der Waals surface area contributed by atoms with E-state index in [1.54, 1.807) is 18.0 Å². The topological polar surface area (TPSA) is 59.8 Å². The van der Waals surface area contributed by atoms with Crippen molar-refractivity contribution in [1.82, 2.24) is 20.1 Å². The van der Waals surface area contributed by atoms with E-state index in [0.29, 0.717) is 5.56 Å². The zero-order valence-corrected chi connectivity index (χ0v) is 16.8. The van der Waals surface area contributed by atoms with Crippen molar-refractivity contribution in [3.05, 3.63) is 41.3 Å². The molecule has 0 aromatic carbocycles. The van der Waals surface area contributed by atoms with Crippen LogP contribution >= 0.6 is 11.8 Å². The lowest BCUT2D eigenvalue weighted by atomic mass is 9.91. The van der Waals surface area contributed by atoms with Crippen molar-refractivity contribution in [2.24, 2.45) is 13.0 Å². The van der Waals surface area contributed by atoms with Crippen LogP contribution in [0.15, 0.2) is 29.6 Å². The average molecular weight is 385 g/mol. The van der Waals surface area contributed by atoms with Crippen LogP contribution in [0.4, 0.5) is 0 Å². The third-order valence-electron chi connectivity index (χ3n) is 5.88. The lowest BCUT2D eigenvalue weighted by Crippen LogP contribution is -2.31. The SMILES string of the molecule is Cn1ncc2c1CCCC2NC(=O)c1cccnc1SCC1CCCCC1. The minimum absolute atomic E-state index is 0.0176. The number of hydrogen-bond acceptors (Lipinski definition) is 4. The summed E-state index contributed by atoms with van der Waals surface area (Å²) >= 11 is 1.75. The maximum Gasteiger partial charge on any atom is 0.254 e. The Morgan fingerprint density at radius 2 is 2.11 bits per heavy atom. The molecule has 0 spiro atoms. The van der Waals surface area contributed by atoms with Gasteiger partial charge in [0.25, 0.3) is 5.91 Å². The predicted molar refractivity (Wildman–Crippen MR) is 108 cm³/mol. The molecule has 4 rings (SSSR count). The van der Waals surface area contributed by atoms with Crippen LogP contribution in [-0.2, 0) is 13.5 Å². The first kappa shape index (κ1) is 18.5. The van der Waals surface area contributed by atoms with Gasteiger partial charge in [0.1, 0.15) is 5.03 Å². The molecule has 2 aromatic heterocycles. The molecule has 2 aliphatic rings.